The Morgan fingerprint density at radius 3 is 2.27 bits per heavy atom. The molecule has 0 aliphatic rings. The molecule has 0 heterocycles. The average molecular weight is 214 g/mol. The molecule has 0 aliphatic carbocycles. The van der Waals surface area contributed by atoms with Crippen LogP contribution in [0.4, 0.5) is 0 Å². The number of likely N-dealkylation sites (N-methyl/N-ethyl adjacent to an activating group) is 1. The first-order valence-electron chi connectivity index (χ1n) is 5.70. The first-order valence-corrected chi connectivity index (χ1v) is 5.70. The largest absolute Gasteiger partial charge is 0.342 e. The topological polar surface area (TPSA) is 32.3 Å². The van der Waals surface area contributed by atoms with Gasteiger partial charge in [0.15, 0.2) is 0 Å². The van der Waals surface area contributed by atoms with E-state index in [0.29, 0.717) is 12.0 Å². The van der Waals surface area contributed by atoms with Crippen molar-refractivity contribution in [2.45, 2.75) is 47.1 Å². The quantitative estimate of drug-likeness (QED) is 0.709. The van der Waals surface area contributed by atoms with E-state index in [0.717, 1.165) is 13.0 Å². The standard InChI is InChI=1S/C12H26N2O/c1-10(2)14(6)11(15)9-13-8-7-12(3,4)5/h10,13H,7-9H2,1-6H3. The van der Waals surface area contributed by atoms with E-state index in [1.54, 1.807) is 4.90 Å². The first-order chi connectivity index (χ1) is 6.74. The zero-order valence-corrected chi connectivity index (χ0v) is 11.1. The summed E-state index contributed by atoms with van der Waals surface area (Å²) in [6, 6.07) is 0.280. The van der Waals surface area contributed by atoms with Crippen molar-refractivity contribution in [2.75, 3.05) is 20.1 Å². The van der Waals surface area contributed by atoms with Crippen LogP contribution in [0.15, 0.2) is 0 Å². The minimum Gasteiger partial charge on any atom is -0.342 e. The Kier molecular flexibility index (Phi) is 5.88. The molecule has 15 heavy (non-hydrogen) atoms. The van der Waals surface area contributed by atoms with Gasteiger partial charge < -0.3 is 10.2 Å². The molecule has 90 valence electrons. The first kappa shape index (κ1) is 14.4. The summed E-state index contributed by atoms with van der Waals surface area (Å²) in [5, 5.41) is 3.19. The fourth-order valence-electron chi connectivity index (χ4n) is 1.07. The highest BCUT2D eigenvalue weighted by atomic mass is 16.2. The molecule has 0 saturated heterocycles. The molecule has 0 aromatic rings. The lowest BCUT2D eigenvalue weighted by atomic mass is 9.92. The second-order valence-electron chi connectivity index (χ2n) is 5.59. The van der Waals surface area contributed by atoms with Gasteiger partial charge in [-0.15, -0.1) is 0 Å². The van der Waals surface area contributed by atoms with Crippen molar-refractivity contribution < 1.29 is 4.79 Å². The van der Waals surface area contributed by atoms with Crippen molar-refractivity contribution in [2.24, 2.45) is 5.41 Å². The van der Waals surface area contributed by atoms with Crippen LogP contribution in [-0.2, 0) is 4.79 Å². The zero-order valence-electron chi connectivity index (χ0n) is 11.1. The lowest BCUT2D eigenvalue weighted by molar-refractivity contribution is -0.130. The van der Waals surface area contributed by atoms with Crippen molar-refractivity contribution >= 4 is 5.91 Å². The van der Waals surface area contributed by atoms with Gasteiger partial charge in [0.25, 0.3) is 0 Å². The fourth-order valence-corrected chi connectivity index (χ4v) is 1.07. The predicted molar refractivity (Wildman–Crippen MR) is 64.8 cm³/mol. The van der Waals surface area contributed by atoms with Crippen molar-refractivity contribution in [3.8, 4) is 0 Å². The van der Waals surface area contributed by atoms with Gasteiger partial charge in [-0.1, -0.05) is 20.8 Å². The lowest BCUT2D eigenvalue weighted by Crippen LogP contribution is -2.40. The van der Waals surface area contributed by atoms with E-state index in [2.05, 4.69) is 26.1 Å². The number of rotatable bonds is 5. The van der Waals surface area contributed by atoms with Gasteiger partial charge in [-0.25, -0.2) is 0 Å². The maximum Gasteiger partial charge on any atom is 0.236 e. The maximum absolute atomic E-state index is 11.6. The van der Waals surface area contributed by atoms with Crippen LogP contribution in [0.5, 0.6) is 0 Å². The van der Waals surface area contributed by atoms with Crippen LogP contribution in [0.2, 0.25) is 0 Å². The molecule has 0 bridgehead atoms. The molecule has 0 saturated carbocycles. The van der Waals surface area contributed by atoms with Crippen molar-refractivity contribution in [3.05, 3.63) is 0 Å². The van der Waals surface area contributed by atoms with Crippen LogP contribution in [0.25, 0.3) is 0 Å². The summed E-state index contributed by atoms with van der Waals surface area (Å²) < 4.78 is 0. The van der Waals surface area contributed by atoms with Crippen LogP contribution in [0.1, 0.15) is 41.0 Å². The lowest BCUT2D eigenvalue weighted by Gasteiger charge is -2.22. The second-order valence-corrected chi connectivity index (χ2v) is 5.59. The normalized spacial score (nSPS) is 11.9. The molecule has 0 aliphatic heterocycles. The molecule has 3 nitrogen and oxygen atoms in total. The maximum atomic E-state index is 11.6. The van der Waals surface area contributed by atoms with Crippen LogP contribution < -0.4 is 5.32 Å². The highest BCUT2D eigenvalue weighted by molar-refractivity contribution is 5.78. The Labute approximate surface area is 94.2 Å². The highest BCUT2D eigenvalue weighted by Crippen LogP contribution is 2.16. The van der Waals surface area contributed by atoms with Gasteiger partial charge in [0.05, 0.1) is 6.54 Å². The molecule has 3 heteroatoms. The highest BCUT2D eigenvalue weighted by Gasteiger charge is 2.12. The van der Waals surface area contributed by atoms with Crippen LogP contribution in [0, 0.1) is 5.41 Å². The number of hydrogen-bond donors (Lipinski definition) is 1. The van der Waals surface area contributed by atoms with Gasteiger partial charge in [0.2, 0.25) is 5.91 Å². The molecular weight excluding hydrogens is 188 g/mol. The number of nitrogens with zero attached hydrogens (tertiary/aromatic N) is 1. The zero-order chi connectivity index (χ0) is 12.1. The number of hydrogen-bond acceptors (Lipinski definition) is 2. The summed E-state index contributed by atoms with van der Waals surface area (Å²) in [7, 11) is 1.85. The smallest absolute Gasteiger partial charge is 0.236 e. The Hall–Kier alpha value is -0.570. The minimum absolute atomic E-state index is 0.166. The summed E-state index contributed by atoms with van der Waals surface area (Å²) >= 11 is 0. The Bertz CT molecular complexity index is 194. The molecule has 0 spiro atoms. The minimum atomic E-state index is 0.166. The van der Waals surface area contributed by atoms with Crippen molar-refractivity contribution in [1.82, 2.24) is 10.2 Å². The summed E-state index contributed by atoms with van der Waals surface area (Å²) in [4.78, 5) is 13.3. The molecule has 0 rings (SSSR count). The summed E-state index contributed by atoms with van der Waals surface area (Å²) in [6.07, 6.45) is 1.09. The molecule has 0 fully saturated rings. The summed E-state index contributed by atoms with van der Waals surface area (Å²) in [6.45, 7) is 12.0. The molecule has 0 radical (unpaired) electrons. The summed E-state index contributed by atoms with van der Waals surface area (Å²) in [5.74, 6) is 0.166. The third-order valence-corrected chi connectivity index (χ3v) is 2.50. The van der Waals surface area contributed by atoms with Crippen molar-refractivity contribution in [3.63, 3.8) is 0 Å². The van der Waals surface area contributed by atoms with Gasteiger partial charge in [0.1, 0.15) is 0 Å². The molecule has 0 unspecified atom stereocenters. The van der Waals surface area contributed by atoms with Gasteiger partial charge >= 0.3 is 0 Å². The Morgan fingerprint density at radius 2 is 1.87 bits per heavy atom. The van der Waals surface area contributed by atoms with Crippen LogP contribution in [0.3, 0.4) is 0 Å². The van der Waals surface area contributed by atoms with E-state index in [1.165, 1.54) is 0 Å². The molecule has 1 amide bonds. The van der Waals surface area contributed by atoms with Gasteiger partial charge in [-0.2, -0.15) is 0 Å². The van der Waals surface area contributed by atoms with Crippen molar-refractivity contribution in [1.29, 1.82) is 0 Å². The molecule has 0 aromatic heterocycles. The fraction of sp³-hybridized carbons (Fsp3) is 0.917. The molecule has 1 N–H and O–H groups in total. The number of carbonyl (C=O) groups is 1. The Morgan fingerprint density at radius 1 is 1.33 bits per heavy atom. The van der Waals surface area contributed by atoms with Gasteiger partial charge in [-0.3, -0.25) is 4.79 Å². The van der Waals surface area contributed by atoms with E-state index >= 15 is 0 Å². The van der Waals surface area contributed by atoms with Crippen LogP contribution >= 0.6 is 0 Å². The molecular formula is C12H26N2O. The SMILES string of the molecule is CC(C)N(C)C(=O)CNCCC(C)(C)C. The van der Waals surface area contributed by atoms with Gasteiger partial charge in [-0.05, 0) is 32.2 Å². The second kappa shape index (κ2) is 6.11. The molecule has 0 atom stereocenters. The molecule has 0 aromatic carbocycles. The third-order valence-electron chi connectivity index (χ3n) is 2.50. The summed E-state index contributed by atoms with van der Waals surface area (Å²) in [5.41, 5.74) is 0.333. The average Bonchev–Trinajstić information content (AvgIpc) is 2.09. The predicted octanol–water partition coefficient (Wildman–Crippen LogP) is 1.88. The van der Waals surface area contributed by atoms with E-state index < -0.39 is 0 Å². The monoisotopic (exact) mass is 214 g/mol. The number of carbonyl (C=O) groups excluding carboxylic acids is 1. The van der Waals surface area contributed by atoms with E-state index in [4.69, 9.17) is 0 Å². The van der Waals surface area contributed by atoms with E-state index in [-0.39, 0.29) is 11.9 Å². The third kappa shape index (κ3) is 7.37. The van der Waals surface area contributed by atoms with E-state index in [1.807, 2.05) is 20.9 Å². The number of nitrogens with one attached hydrogen (secondary N) is 1. The van der Waals surface area contributed by atoms with E-state index in [9.17, 15) is 4.79 Å². The van der Waals surface area contributed by atoms with Gasteiger partial charge in [0, 0.05) is 13.1 Å². The number of amides is 1. The Balaban J connectivity index is 3.65. The van der Waals surface area contributed by atoms with Crippen LogP contribution in [-0.4, -0.2) is 37.0 Å².